The molecular formula is C25H30F6O4. The monoisotopic (exact) mass is 508 g/mol. The van der Waals surface area contributed by atoms with Gasteiger partial charge in [0.25, 0.3) is 0 Å². The molecule has 2 aromatic rings. The molecule has 0 atom stereocenters. The summed E-state index contributed by atoms with van der Waals surface area (Å²) in [5.74, 6) is 0.660. The first-order valence-electron chi connectivity index (χ1n) is 11.1. The van der Waals surface area contributed by atoms with E-state index in [0.29, 0.717) is 32.2 Å². The highest BCUT2D eigenvalue weighted by Gasteiger charge is 2.72. The molecule has 0 amide bonds. The number of rotatable bonds is 13. The molecule has 0 heterocycles. The second kappa shape index (κ2) is 12.5. The van der Waals surface area contributed by atoms with Gasteiger partial charge in [0.05, 0.1) is 26.4 Å². The Morgan fingerprint density at radius 3 is 1.46 bits per heavy atom. The van der Waals surface area contributed by atoms with Crippen molar-refractivity contribution in [2.24, 2.45) is 5.92 Å². The van der Waals surface area contributed by atoms with Crippen LogP contribution in [0.15, 0.2) is 48.5 Å². The number of benzene rings is 2. The third-order valence-electron chi connectivity index (χ3n) is 5.32. The van der Waals surface area contributed by atoms with E-state index in [1.165, 1.54) is 7.11 Å². The molecule has 0 saturated heterocycles. The summed E-state index contributed by atoms with van der Waals surface area (Å²) in [4.78, 5) is 0. The van der Waals surface area contributed by atoms with Crippen LogP contribution in [-0.4, -0.2) is 52.5 Å². The molecule has 196 valence electrons. The molecule has 0 unspecified atom stereocenters. The smallest absolute Gasteiger partial charge is 0.411 e. The van der Waals surface area contributed by atoms with Crippen molar-refractivity contribution in [3.8, 4) is 11.5 Å². The molecular weight excluding hydrogens is 478 g/mol. The number of hydrogen-bond donors (Lipinski definition) is 0. The molecule has 2 rings (SSSR count). The molecule has 10 heteroatoms. The van der Waals surface area contributed by atoms with E-state index < -0.39 is 28.9 Å². The molecule has 0 bridgehead atoms. The van der Waals surface area contributed by atoms with E-state index in [1.54, 1.807) is 0 Å². The highest BCUT2D eigenvalue weighted by atomic mass is 19.4. The summed E-state index contributed by atoms with van der Waals surface area (Å²) in [5, 5.41) is 0. The lowest BCUT2D eigenvalue weighted by Gasteiger charge is -2.38. The number of methoxy groups -OCH3 is 1. The number of hydrogen-bond acceptors (Lipinski definition) is 4. The van der Waals surface area contributed by atoms with Crippen LogP contribution in [0.1, 0.15) is 31.4 Å². The van der Waals surface area contributed by atoms with Gasteiger partial charge in [0.1, 0.15) is 18.1 Å². The van der Waals surface area contributed by atoms with Crippen LogP contribution in [0.3, 0.4) is 0 Å². The van der Waals surface area contributed by atoms with Crippen LogP contribution < -0.4 is 9.47 Å². The van der Waals surface area contributed by atoms with Gasteiger partial charge in [0.15, 0.2) is 0 Å². The van der Waals surface area contributed by atoms with Gasteiger partial charge < -0.3 is 18.9 Å². The van der Waals surface area contributed by atoms with Crippen LogP contribution in [0.5, 0.6) is 11.5 Å². The van der Waals surface area contributed by atoms with Crippen LogP contribution in [0.2, 0.25) is 0 Å². The van der Waals surface area contributed by atoms with Gasteiger partial charge in [0, 0.05) is 7.11 Å². The van der Waals surface area contributed by atoms with E-state index in [4.69, 9.17) is 18.9 Å². The predicted octanol–water partition coefficient (Wildman–Crippen LogP) is 6.56. The van der Waals surface area contributed by atoms with Gasteiger partial charge in [-0.05, 0) is 47.7 Å². The first kappa shape index (κ1) is 28.8. The molecule has 0 fully saturated rings. The molecule has 0 saturated carbocycles. The van der Waals surface area contributed by atoms with Crippen molar-refractivity contribution < 1.29 is 45.3 Å². The van der Waals surface area contributed by atoms with Gasteiger partial charge in [-0.3, -0.25) is 0 Å². The SMILES string of the molecule is COCCOCCOc1ccc(C(c2ccc(OCCC(C)C)cc2)(C(F)(F)F)C(F)(F)F)cc1. The van der Waals surface area contributed by atoms with Gasteiger partial charge in [-0.25, -0.2) is 0 Å². The van der Waals surface area contributed by atoms with E-state index in [0.717, 1.165) is 48.5 Å². The van der Waals surface area contributed by atoms with Crippen LogP contribution in [0.4, 0.5) is 26.3 Å². The van der Waals surface area contributed by atoms with Gasteiger partial charge in [0.2, 0.25) is 5.41 Å². The number of ether oxygens (including phenoxy) is 4. The fourth-order valence-electron chi connectivity index (χ4n) is 3.46. The highest BCUT2D eigenvalue weighted by Crippen LogP contribution is 2.56. The van der Waals surface area contributed by atoms with Crippen molar-refractivity contribution in [1.82, 2.24) is 0 Å². The first-order valence-corrected chi connectivity index (χ1v) is 11.1. The largest absolute Gasteiger partial charge is 0.494 e. The zero-order chi connectivity index (χ0) is 26.1. The number of halogens is 6. The van der Waals surface area contributed by atoms with Crippen LogP contribution in [0, 0.1) is 5.92 Å². The summed E-state index contributed by atoms with van der Waals surface area (Å²) in [5.41, 5.74) is -6.14. The van der Waals surface area contributed by atoms with Crippen molar-refractivity contribution >= 4 is 0 Å². The summed E-state index contributed by atoms with van der Waals surface area (Å²) in [7, 11) is 1.51. The molecule has 0 spiro atoms. The maximum atomic E-state index is 14.3. The van der Waals surface area contributed by atoms with Crippen LogP contribution in [0.25, 0.3) is 0 Å². The summed E-state index contributed by atoms with van der Waals surface area (Å²) < 4.78 is 106. The fourth-order valence-corrected chi connectivity index (χ4v) is 3.46. The van der Waals surface area contributed by atoms with Crippen molar-refractivity contribution in [1.29, 1.82) is 0 Å². The zero-order valence-electron chi connectivity index (χ0n) is 19.8. The Bertz CT molecular complexity index is 863. The summed E-state index contributed by atoms with van der Waals surface area (Å²) >= 11 is 0. The topological polar surface area (TPSA) is 36.9 Å². The maximum absolute atomic E-state index is 14.3. The second-order valence-corrected chi connectivity index (χ2v) is 8.28. The highest BCUT2D eigenvalue weighted by molar-refractivity contribution is 5.47. The van der Waals surface area contributed by atoms with E-state index in [9.17, 15) is 26.3 Å². The fraction of sp³-hybridized carbons (Fsp3) is 0.520. The van der Waals surface area contributed by atoms with Crippen molar-refractivity contribution in [2.45, 2.75) is 38.0 Å². The molecule has 0 aliphatic rings. The predicted molar refractivity (Wildman–Crippen MR) is 119 cm³/mol. The average molecular weight is 508 g/mol. The summed E-state index contributed by atoms with van der Waals surface area (Å²) in [6.07, 6.45) is -10.6. The van der Waals surface area contributed by atoms with Gasteiger partial charge in [-0.2, -0.15) is 26.3 Å². The zero-order valence-corrected chi connectivity index (χ0v) is 19.8. The quantitative estimate of drug-likeness (QED) is 0.227. The van der Waals surface area contributed by atoms with Crippen LogP contribution >= 0.6 is 0 Å². The van der Waals surface area contributed by atoms with Crippen molar-refractivity contribution in [2.75, 3.05) is 40.1 Å². The maximum Gasteiger partial charge on any atom is 0.411 e. The average Bonchev–Trinajstić information content (AvgIpc) is 2.76. The summed E-state index contributed by atoms with van der Waals surface area (Å²) in [6.45, 7) is 5.23. The Balaban J connectivity index is 2.32. The first-order chi connectivity index (χ1) is 16.4. The minimum Gasteiger partial charge on any atom is -0.494 e. The molecule has 0 radical (unpaired) electrons. The molecule has 0 aliphatic heterocycles. The van der Waals surface area contributed by atoms with E-state index in [2.05, 4.69) is 0 Å². The third-order valence-corrected chi connectivity index (χ3v) is 5.32. The molecule has 0 aliphatic carbocycles. The molecule has 0 N–H and O–H groups in total. The number of alkyl halides is 6. The van der Waals surface area contributed by atoms with Crippen LogP contribution in [-0.2, 0) is 14.9 Å². The lowest BCUT2D eigenvalue weighted by Crippen LogP contribution is -2.54. The van der Waals surface area contributed by atoms with Crippen molar-refractivity contribution in [3.05, 3.63) is 59.7 Å². The normalized spacial score (nSPS) is 12.7. The third kappa shape index (κ3) is 7.27. The minimum atomic E-state index is -5.66. The Kier molecular flexibility index (Phi) is 10.3. The second-order valence-electron chi connectivity index (χ2n) is 8.28. The Morgan fingerprint density at radius 2 is 1.06 bits per heavy atom. The molecule has 0 aromatic heterocycles. The van der Waals surface area contributed by atoms with E-state index >= 15 is 0 Å². The van der Waals surface area contributed by atoms with Gasteiger partial charge in [-0.15, -0.1) is 0 Å². The molecule has 35 heavy (non-hydrogen) atoms. The Hall–Kier alpha value is -2.46. The van der Waals surface area contributed by atoms with Crippen molar-refractivity contribution in [3.63, 3.8) is 0 Å². The molecule has 4 nitrogen and oxygen atoms in total. The van der Waals surface area contributed by atoms with Gasteiger partial charge in [-0.1, -0.05) is 38.1 Å². The lowest BCUT2D eigenvalue weighted by atomic mass is 9.73. The van der Waals surface area contributed by atoms with Gasteiger partial charge >= 0.3 is 12.4 Å². The van der Waals surface area contributed by atoms with E-state index in [-0.39, 0.29) is 24.7 Å². The summed E-state index contributed by atoms with van der Waals surface area (Å²) in [6, 6.07) is 7.62. The standard InChI is InChI=1S/C25H30F6O4/c1-18(2)12-13-34-21-8-4-19(5-9-21)23(24(26,27)28,25(29,30)31)20-6-10-22(11-7-20)35-17-16-33-15-14-32-3/h4-11,18H,12-17H2,1-3H3. The Morgan fingerprint density at radius 1 is 0.629 bits per heavy atom. The minimum absolute atomic E-state index is 0.0744. The molecule has 2 aromatic carbocycles. The lowest BCUT2D eigenvalue weighted by molar-refractivity contribution is -0.288. The van der Waals surface area contributed by atoms with E-state index in [1.807, 2.05) is 13.8 Å². The Labute approximate surface area is 201 Å².